The number of likely N-dealkylation sites (N-methyl/N-ethyl adjacent to an activating group) is 1. The summed E-state index contributed by atoms with van der Waals surface area (Å²) in [6.07, 6.45) is 1.05. The van der Waals surface area contributed by atoms with Crippen molar-refractivity contribution >= 4 is 34.9 Å². The van der Waals surface area contributed by atoms with Gasteiger partial charge in [0.15, 0.2) is 0 Å². The van der Waals surface area contributed by atoms with E-state index in [0.29, 0.717) is 41.8 Å². The molecule has 0 bridgehead atoms. The molecule has 0 aliphatic carbocycles. The number of benzene rings is 1. The summed E-state index contributed by atoms with van der Waals surface area (Å²) in [6, 6.07) is 4.56. The summed E-state index contributed by atoms with van der Waals surface area (Å²) in [4.78, 5) is 13.6. The Morgan fingerprint density at radius 2 is 2.05 bits per heavy atom. The van der Waals surface area contributed by atoms with E-state index in [1.807, 2.05) is 0 Å². The number of hydrogen-bond donors (Lipinski definition) is 2. The lowest BCUT2D eigenvalue weighted by molar-refractivity contribution is -0.0717. The SMILES string of the molecule is CN(CC1(O)CCOCC1)C(=O)Nc1ccc(Cl)c(Cl)c1. The highest BCUT2D eigenvalue weighted by Gasteiger charge is 2.32. The van der Waals surface area contributed by atoms with Crippen molar-refractivity contribution in [2.45, 2.75) is 18.4 Å². The van der Waals surface area contributed by atoms with Gasteiger partial charge in [-0.3, -0.25) is 0 Å². The number of halogens is 2. The van der Waals surface area contributed by atoms with Crippen LogP contribution < -0.4 is 5.32 Å². The standard InChI is InChI=1S/C14H18Cl2N2O3/c1-18(9-14(20)4-6-21-7-5-14)13(19)17-10-2-3-11(15)12(16)8-10/h2-3,8,20H,4-7,9H2,1H3,(H,17,19). The molecule has 1 saturated heterocycles. The van der Waals surface area contributed by atoms with Gasteiger partial charge in [-0.25, -0.2) is 4.79 Å². The zero-order valence-corrected chi connectivity index (χ0v) is 13.2. The van der Waals surface area contributed by atoms with Crippen molar-refractivity contribution in [2.24, 2.45) is 0 Å². The maximum absolute atomic E-state index is 12.1. The lowest BCUT2D eigenvalue weighted by Crippen LogP contribution is -2.48. The number of anilines is 1. The lowest BCUT2D eigenvalue weighted by Gasteiger charge is -2.35. The normalized spacial score (nSPS) is 17.3. The number of carbonyl (C=O) groups excluding carboxylic acids is 1. The van der Waals surface area contributed by atoms with Crippen LogP contribution in [-0.2, 0) is 4.74 Å². The third kappa shape index (κ3) is 4.48. The van der Waals surface area contributed by atoms with Crippen LogP contribution in [-0.4, -0.2) is 48.4 Å². The summed E-state index contributed by atoms with van der Waals surface area (Å²) >= 11 is 11.7. The number of nitrogens with zero attached hydrogens (tertiary/aromatic N) is 1. The molecule has 0 spiro atoms. The predicted molar refractivity (Wildman–Crippen MR) is 83.1 cm³/mol. The van der Waals surface area contributed by atoms with E-state index in [1.54, 1.807) is 25.2 Å². The molecule has 0 unspecified atom stereocenters. The number of amides is 2. The summed E-state index contributed by atoms with van der Waals surface area (Å²) in [5, 5.41) is 13.9. The van der Waals surface area contributed by atoms with Crippen LogP contribution in [0.15, 0.2) is 18.2 Å². The quantitative estimate of drug-likeness (QED) is 0.894. The van der Waals surface area contributed by atoms with Crippen LogP contribution in [0, 0.1) is 0 Å². The molecule has 1 heterocycles. The molecule has 1 aliphatic rings. The number of nitrogens with one attached hydrogen (secondary N) is 1. The van der Waals surface area contributed by atoms with Crippen molar-refractivity contribution < 1.29 is 14.6 Å². The Morgan fingerprint density at radius 3 is 2.67 bits per heavy atom. The van der Waals surface area contributed by atoms with Gasteiger partial charge in [0.05, 0.1) is 22.2 Å². The molecular formula is C14H18Cl2N2O3. The first-order valence-electron chi connectivity index (χ1n) is 6.67. The van der Waals surface area contributed by atoms with Gasteiger partial charge in [0, 0.05) is 38.8 Å². The molecule has 0 radical (unpaired) electrons. The fourth-order valence-electron chi connectivity index (χ4n) is 2.22. The Morgan fingerprint density at radius 1 is 1.38 bits per heavy atom. The summed E-state index contributed by atoms with van der Waals surface area (Å²) in [5.74, 6) is 0. The minimum absolute atomic E-state index is 0.253. The average molecular weight is 333 g/mol. The Bertz CT molecular complexity index is 519. The van der Waals surface area contributed by atoms with E-state index >= 15 is 0 Å². The van der Waals surface area contributed by atoms with Gasteiger partial charge >= 0.3 is 6.03 Å². The summed E-state index contributed by atoms with van der Waals surface area (Å²) in [5.41, 5.74) is -0.331. The monoisotopic (exact) mass is 332 g/mol. The number of rotatable bonds is 3. The third-order valence-electron chi connectivity index (χ3n) is 3.47. The van der Waals surface area contributed by atoms with Gasteiger partial charge in [-0.1, -0.05) is 23.2 Å². The number of carbonyl (C=O) groups is 1. The van der Waals surface area contributed by atoms with Crippen LogP contribution in [0.25, 0.3) is 0 Å². The number of hydrogen-bond acceptors (Lipinski definition) is 3. The Labute approximate surface area is 133 Å². The molecule has 7 heteroatoms. The van der Waals surface area contributed by atoms with E-state index in [-0.39, 0.29) is 12.6 Å². The lowest BCUT2D eigenvalue weighted by atomic mass is 9.94. The van der Waals surface area contributed by atoms with Gasteiger partial charge < -0.3 is 20.1 Å². The maximum Gasteiger partial charge on any atom is 0.321 e. The first-order chi connectivity index (χ1) is 9.89. The minimum atomic E-state index is -0.887. The van der Waals surface area contributed by atoms with Crippen LogP contribution >= 0.6 is 23.2 Å². The maximum atomic E-state index is 12.1. The van der Waals surface area contributed by atoms with E-state index in [2.05, 4.69) is 5.32 Å². The topological polar surface area (TPSA) is 61.8 Å². The first kappa shape index (κ1) is 16.4. The molecule has 0 atom stereocenters. The van der Waals surface area contributed by atoms with Crippen LogP contribution in [0.2, 0.25) is 10.0 Å². The zero-order valence-electron chi connectivity index (χ0n) is 11.7. The summed E-state index contributed by atoms with van der Waals surface area (Å²) in [7, 11) is 1.64. The van der Waals surface area contributed by atoms with Gasteiger partial charge in [0.2, 0.25) is 0 Å². The van der Waals surface area contributed by atoms with Crippen molar-refractivity contribution in [3.8, 4) is 0 Å². The van der Waals surface area contributed by atoms with E-state index in [4.69, 9.17) is 27.9 Å². The molecule has 1 fully saturated rings. The molecule has 1 aliphatic heterocycles. The molecule has 21 heavy (non-hydrogen) atoms. The van der Waals surface area contributed by atoms with E-state index in [0.717, 1.165) is 0 Å². The smallest absolute Gasteiger partial charge is 0.321 e. The molecule has 1 aromatic carbocycles. The van der Waals surface area contributed by atoms with Crippen LogP contribution in [0.1, 0.15) is 12.8 Å². The fourth-order valence-corrected chi connectivity index (χ4v) is 2.51. The van der Waals surface area contributed by atoms with Gasteiger partial charge in [-0.15, -0.1) is 0 Å². The molecule has 0 saturated carbocycles. The third-order valence-corrected chi connectivity index (χ3v) is 4.21. The molecule has 2 N–H and O–H groups in total. The van der Waals surface area contributed by atoms with Crippen LogP contribution in [0.3, 0.4) is 0 Å². The van der Waals surface area contributed by atoms with Gasteiger partial charge in [0.1, 0.15) is 0 Å². The Hall–Kier alpha value is -1.01. The molecule has 0 aromatic heterocycles. The minimum Gasteiger partial charge on any atom is -0.388 e. The fraction of sp³-hybridized carbons (Fsp3) is 0.500. The molecular weight excluding hydrogens is 315 g/mol. The average Bonchev–Trinajstić information content (AvgIpc) is 2.43. The summed E-state index contributed by atoms with van der Waals surface area (Å²) in [6.45, 7) is 1.28. The largest absolute Gasteiger partial charge is 0.388 e. The number of urea groups is 1. The Kier molecular flexibility index (Phi) is 5.32. The molecule has 116 valence electrons. The van der Waals surface area contributed by atoms with E-state index < -0.39 is 5.60 Å². The zero-order chi connectivity index (χ0) is 15.5. The first-order valence-corrected chi connectivity index (χ1v) is 7.42. The second-order valence-corrected chi connectivity index (χ2v) is 6.07. The number of aliphatic hydroxyl groups is 1. The van der Waals surface area contributed by atoms with Gasteiger partial charge in [-0.2, -0.15) is 0 Å². The van der Waals surface area contributed by atoms with Crippen molar-refractivity contribution in [3.63, 3.8) is 0 Å². The second kappa shape index (κ2) is 6.83. The highest BCUT2D eigenvalue weighted by Crippen LogP contribution is 2.25. The molecule has 5 nitrogen and oxygen atoms in total. The summed E-state index contributed by atoms with van der Waals surface area (Å²) < 4.78 is 5.22. The molecule has 1 aromatic rings. The predicted octanol–water partition coefficient (Wildman–Crippen LogP) is 3.00. The highest BCUT2D eigenvalue weighted by molar-refractivity contribution is 6.42. The van der Waals surface area contributed by atoms with Gasteiger partial charge in [0.25, 0.3) is 0 Å². The van der Waals surface area contributed by atoms with Crippen molar-refractivity contribution in [2.75, 3.05) is 32.1 Å². The van der Waals surface area contributed by atoms with Gasteiger partial charge in [-0.05, 0) is 18.2 Å². The molecule has 2 amide bonds. The number of ether oxygens (including phenoxy) is 1. The van der Waals surface area contributed by atoms with E-state index in [9.17, 15) is 9.90 Å². The van der Waals surface area contributed by atoms with Crippen LogP contribution in [0.5, 0.6) is 0 Å². The Balaban J connectivity index is 1.94. The molecule has 2 rings (SSSR count). The highest BCUT2D eigenvalue weighted by atomic mass is 35.5. The van der Waals surface area contributed by atoms with Crippen molar-refractivity contribution in [1.82, 2.24) is 4.90 Å². The van der Waals surface area contributed by atoms with E-state index in [1.165, 1.54) is 4.90 Å². The van der Waals surface area contributed by atoms with Crippen molar-refractivity contribution in [3.05, 3.63) is 28.2 Å². The van der Waals surface area contributed by atoms with Crippen molar-refractivity contribution in [1.29, 1.82) is 0 Å². The van der Waals surface area contributed by atoms with Crippen LogP contribution in [0.4, 0.5) is 10.5 Å². The second-order valence-electron chi connectivity index (χ2n) is 5.25.